The summed E-state index contributed by atoms with van der Waals surface area (Å²) in [5, 5.41) is 0. The van der Waals surface area contributed by atoms with E-state index in [-0.39, 0.29) is 0 Å². The zero-order valence-electron chi connectivity index (χ0n) is 6.90. The van der Waals surface area contributed by atoms with Crippen LogP contribution >= 0.6 is 0 Å². The van der Waals surface area contributed by atoms with Gasteiger partial charge in [0.1, 0.15) is 0 Å². The highest BCUT2D eigenvalue weighted by Gasteiger charge is 2.08. The molecule has 12 heavy (non-hydrogen) atoms. The van der Waals surface area contributed by atoms with Crippen LogP contribution < -0.4 is 0 Å². The van der Waals surface area contributed by atoms with Crippen LogP contribution in [0.2, 0.25) is 0 Å². The molecule has 0 fully saturated rings. The molecule has 0 spiro atoms. The van der Waals surface area contributed by atoms with Gasteiger partial charge >= 0.3 is 0 Å². The highest BCUT2D eigenvalue weighted by Crippen LogP contribution is 2.22. The normalized spacial score (nSPS) is 14.6. The number of fused-ring (bicyclic) bond motifs is 1. The van der Waals surface area contributed by atoms with Crippen molar-refractivity contribution in [1.82, 2.24) is 4.90 Å². The second-order valence-corrected chi connectivity index (χ2v) is 2.84. The lowest BCUT2D eigenvalue weighted by atomic mass is 10.1. The van der Waals surface area contributed by atoms with Gasteiger partial charge in [-0.25, -0.2) is 4.99 Å². The summed E-state index contributed by atoms with van der Waals surface area (Å²) in [5.74, 6) is 0. The topological polar surface area (TPSA) is 15.6 Å². The van der Waals surface area contributed by atoms with E-state index < -0.39 is 0 Å². The summed E-state index contributed by atoms with van der Waals surface area (Å²) >= 11 is 0. The Hall–Kier alpha value is -1.31. The van der Waals surface area contributed by atoms with Crippen LogP contribution in [-0.2, 0) is 6.54 Å². The van der Waals surface area contributed by atoms with Gasteiger partial charge in [-0.1, -0.05) is 18.2 Å². The SMILES string of the molecule is [CH2]CN1C=Nc2ccccc2C1. The Kier molecular flexibility index (Phi) is 1.82. The smallest absolute Gasteiger partial charge is 0.0915 e. The standard InChI is InChI=1S/C10H11N2/c1-2-12-7-9-5-3-4-6-10(9)11-8-12/h3-6,8H,1-2,7H2. The number of hydrogen-bond acceptors (Lipinski definition) is 2. The third-order valence-electron chi connectivity index (χ3n) is 2.01. The van der Waals surface area contributed by atoms with Gasteiger partial charge in [-0.3, -0.25) is 0 Å². The Morgan fingerprint density at radius 2 is 2.25 bits per heavy atom. The highest BCUT2D eigenvalue weighted by atomic mass is 15.2. The molecule has 0 aliphatic carbocycles. The molecule has 1 aromatic carbocycles. The average Bonchev–Trinajstić information content (AvgIpc) is 2.17. The summed E-state index contributed by atoms with van der Waals surface area (Å²) in [5.41, 5.74) is 2.37. The van der Waals surface area contributed by atoms with Crippen LogP contribution in [0.3, 0.4) is 0 Å². The minimum absolute atomic E-state index is 0.776. The zero-order valence-corrected chi connectivity index (χ0v) is 6.90. The van der Waals surface area contributed by atoms with E-state index in [1.165, 1.54) is 5.56 Å². The number of nitrogens with zero attached hydrogens (tertiary/aromatic N) is 2. The van der Waals surface area contributed by atoms with Crippen molar-refractivity contribution in [3.05, 3.63) is 36.8 Å². The Bertz CT molecular complexity index is 304. The molecule has 0 N–H and O–H groups in total. The van der Waals surface area contributed by atoms with Crippen molar-refractivity contribution in [3.8, 4) is 0 Å². The first kappa shape index (κ1) is 7.35. The molecule has 2 rings (SSSR count). The van der Waals surface area contributed by atoms with Crippen LogP contribution in [0.25, 0.3) is 0 Å². The predicted octanol–water partition coefficient (Wildman–Crippen LogP) is 2.00. The Morgan fingerprint density at radius 3 is 3.08 bits per heavy atom. The molecule has 0 bridgehead atoms. The Morgan fingerprint density at radius 1 is 1.42 bits per heavy atom. The number of aliphatic imine (C=N–C) groups is 1. The molecule has 61 valence electrons. The van der Waals surface area contributed by atoms with Crippen molar-refractivity contribution in [2.24, 2.45) is 4.99 Å². The van der Waals surface area contributed by atoms with Crippen molar-refractivity contribution >= 4 is 12.0 Å². The molecule has 1 heterocycles. The first-order valence-electron chi connectivity index (χ1n) is 4.05. The number of benzene rings is 1. The van der Waals surface area contributed by atoms with Crippen molar-refractivity contribution in [3.63, 3.8) is 0 Å². The van der Waals surface area contributed by atoms with E-state index in [0.717, 1.165) is 18.8 Å². The maximum atomic E-state index is 4.31. The molecule has 0 aromatic heterocycles. The number of hydrogen-bond donors (Lipinski definition) is 0. The average molecular weight is 159 g/mol. The monoisotopic (exact) mass is 159 g/mol. The molecule has 1 aliphatic rings. The van der Waals surface area contributed by atoms with Crippen LogP contribution in [0.15, 0.2) is 29.3 Å². The molecule has 2 nitrogen and oxygen atoms in total. The largest absolute Gasteiger partial charge is 0.358 e. The van der Waals surface area contributed by atoms with Gasteiger partial charge in [0.25, 0.3) is 0 Å². The summed E-state index contributed by atoms with van der Waals surface area (Å²) in [6.07, 6.45) is 1.86. The molecule has 2 heteroatoms. The molecule has 0 saturated carbocycles. The lowest BCUT2D eigenvalue weighted by Gasteiger charge is -2.22. The fraction of sp³-hybridized carbons (Fsp3) is 0.200. The van der Waals surface area contributed by atoms with E-state index in [1.54, 1.807) is 0 Å². The molecule has 0 unspecified atom stereocenters. The highest BCUT2D eigenvalue weighted by molar-refractivity contribution is 5.66. The minimum Gasteiger partial charge on any atom is -0.358 e. The van der Waals surface area contributed by atoms with Crippen LogP contribution in [0, 0.1) is 6.92 Å². The quantitative estimate of drug-likeness (QED) is 0.612. The Balaban J connectivity index is 2.33. The van der Waals surface area contributed by atoms with Gasteiger partial charge in [0.15, 0.2) is 0 Å². The van der Waals surface area contributed by atoms with Gasteiger partial charge < -0.3 is 4.90 Å². The summed E-state index contributed by atoms with van der Waals surface area (Å²) in [4.78, 5) is 6.39. The molecular weight excluding hydrogens is 148 g/mol. The van der Waals surface area contributed by atoms with Gasteiger partial charge in [0, 0.05) is 13.1 Å². The first-order chi connectivity index (χ1) is 5.90. The van der Waals surface area contributed by atoms with Crippen molar-refractivity contribution in [2.75, 3.05) is 6.54 Å². The zero-order chi connectivity index (χ0) is 8.39. The van der Waals surface area contributed by atoms with E-state index in [0.29, 0.717) is 0 Å². The molecule has 1 aliphatic heterocycles. The van der Waals surface area contributed by atoms with Crippen LogP contribution in [0.1, 0.15) is 5.56 Å². The third-order valence-corrected chi connectivity index (χ3v) is 2.01. The van der Waals surface area contributed by atoms with E-state index >= 15 is 0 Å². The lowest BCUT2D eigenvalue weighted by molar-refractivity contribution is 0.463. The summed E-state index contributed by atoms with van der Waals surface area (Å²) in [6.45, 7) is 5.53. The van der Waals surface area contributed by atoms with E-state index in [9.17, 15) is 0 Å². The lowest BCUT2D eigenvalue weighted by Crippen LogP contribution is -2.23. The predicted molar refractivity (Wildman–Crippen MR) is 50.4 cm³/mol. The summed E-state index contributed by atoms with van der Waals surface area (Å²) in [6, 6.07) is 8.19. The van der Waals surface area contributed by atoms with Gasteiger partial charge in [0.05, 0.1) is 12.0 Å². The summed E-state index contributed by atoms with van der Waals surface area (Å²) < 4.78 is 0. The maximum Gasteiger partial charge on any atom is 0.0915 e. The molecule has 0 atom stereocenters. The molecule has 0 amide bonds. The third kappa shape index (κ3) is 1.20. The molecule has 1 radical (unpaired) electrons. The number of para-hydroxylation sites is 1. The molecule has 0 saturated heterocycles. The van der Waals surface area contributed by atoms with Gasteiger partial charge in [0.2, 0.25) is 0 Å². The Labute approximate surface area is 72.5 Å². The van der Waals surface area contributed by atoms with Crippen molar-refractivity contribution < 1.29 is 0 Å². The van der Waals surface area contributed by atoms with Crippen LogP contribution in [0.5, 0.6) is 0 Å². The van der Waals surface area contributed by atoms with Crippen molar-refractivity contribution in [1.29, 1.82) is 0 Å². The molecule has 1 aromatic rings. The van der Waals surface area contributed by atoms with E-state index in [2.05, 4.69) is 22.9 Å². The van der Waals surface area contributed by atoms with Gasteiger partial charge in [-0.2, -0.15) is 0 Å². The van der Waals surface area contributed by atoms with Gasteiger partial charge in [-0.15, -0.1) is 0 Å². The second kappa shape index (κ2) is 2.97. The van der Waals surface area contributed by atoms with Crippen LogP contribution in [-0.4, -0.2) is 17.8 Å². The minimum atomic E-state index is 0.776. The second-order valence-electron chi connectivity index (χ2n) is 2.84. The van der Waals surface area contributed by atoms with Gasteiger partial charge in [-0.05, 0) is 18.6 Å². The number of rotatable bonds is 1. The first-order valence-corrected chi connectivity index (χ1v) is 4.05. The fourth-order valence-electron chi connectivity index (χ4n) is 1.31. The maximum absolute atomic E-state index is 4.31. The molecular formula is C10H11N2. The van der Waals surface area contributed by atoms with Crippen molar-refractivity contribution in [2.45, 2.75) is 6.54 Å². The fourth-order valence-corrected chi connectivity index (χ4v) is 1.31. The van der Waals surface area contributed by atoms with E-state index in [1.807, 2.05) is 24.5 Å². The van der Waals surface area contributed by atoms with E-state index in [4.69, 9.17) is 0 Å². The van der Waals surface area contributed by atoms with Crippen LogP contribution in [0.4, 0.5) is 5.69 Å². The summed E-state index contributed by atoms with van der Waals surface area (Å²) in [7, 11) is 0.